The Morgan fingerprint density at radius 3 is 2.40 bits per heavy atom. The van der Waals surface area contributed by atoms with Gasteiger partial charge in [0.2, 0.25) is 0 Å². The molecule has 12 nitrogen and oxygen atoms in total. The third-order valence-electron chi connectivity index (χ3n) is 6.54. The number of hydrogen-bond acceptors (Lipinski definition) is 8. The topological polar surface area (TPSA) is 142 Å². The highest BCUT2D eigenvalue weighted by Gasteiger charge is 2.37. The van der Waals surface area contributed by atoms with Gasteiger partial charge in [0.05, 0.1) is 22.0 Å². The lowest BCUT2D eigenvalue weighted by molar-refractivity contribution is -0.274. The monoisotopic (exact) mass is 693 g/mol. The van der Waals surface area contributed by atoms with Gasteiger partial charge in [-0.15, -0.1) is 23.4 Å². The first-order valence-electron chi connectivity index (χ1n) is 13.7. The maximum Gasteiger partial charge on any atom is 0.573 e. The third kappa shape index (κ3) is 7.88. The minimum Gasteiger partial charge on any atom is -0.405 e. The molecule has 2 aromatic carbocycles. The summed E-state index contributed by atoms with van der Waals surface area (Å²) < 4.78 is 82.8. The molecule has 0 radical (unpaired) electrons. The number of para-hydroxylation sites is 1. The first-order chi connectivity index (χ1) is 22.6. The van der Waals surface area contributed by atoms with Crippen molar-refractivity contribution >= 4 is 29.1 Å². The van der Waals surface area contributed by atoms with E-state index >= 15 is 0 Å². The zero-order valence-electron chi connectivity index (χ0n) is 24.7. The Bertz CT molecular complexity index is 1990. The number of rotatable bonds is 9. The number of amides is 2. The Morgan fingerprint density at radius 1 is 0.958 bits per heavy atom. The van der Waals surface area contributed by atoms with Gasteiger partial charge in [-0.05, 0) is 60.5 Å². The van der Waals surface area contributed by atoms with E-state index in [-0.39, 0.29) is 45.6 Å². The van der Waals surface area contributed by atoms with E-state index in [1.807, 2.05) is 0 Å². The van der Waals surface area contributed by atoms with Crippen LogP contribution in [-0.4, -0.2) is 53.1 Å². The average Bonchev–Trinajstić information content (AvgIpc) is 3.65. The molecule has 0 unspecified atom stereocenters. The van der Waals surface area contributed by atoms with Gasteiger partial charge in [0.15, 0.2) is 5.82 Å². The summed E-state index contributed by atoms with van der Waals surface area (Å²) >= 11 is 6.32. The number of aryl methyl sites for hydroxylation is 2. The minimum absolute atomic E-state index is 0.0104. The normalized spacial score (nSPS) is 11.8. The zero-order valence-corrected chi connectivity index (χ0v) is 25.4. The fourth-order valence-corrected chi connectivity index (χ4v) is 4.77. The SMILES string of the molecule is Cc1cc(C)c(NC(=O)c2cc(Cn3nnc(C(F)(F)F)n3)nn2-c2ncccc2Cl)c(C(=O)NCc2ccccc2OC(F)(F)F)c1. The molecule has 0 fully saturated rings. The van der Waals surface area contributed by atoms with Crippen molar-refractivity contribution in [2.24, 2.45) is 0 Å². The van der Waals surface area contributed by atoms with Crippen molar-refractivity contribution < 1.29 is 40.7 Å². The second-order valence-corrected chi connectivity index (χ2v) is 10.6. The molecule has 5 aromatic rings. The number of nitrogens with zero attached hydrogens (tertiary/aromatic N) is 7. The lowest BCUT2D eigenvalue weighted by Gasteiger charge is -2.17. The Kier molecular flexibility index (Phi) is 9.38. The number of anilines is 1. The molecule has 0 spiro atoms. The van der Waals surface area contributed by atoms with Crippen LogP contribution in [0.25, 0.3) is 5.82 Å². The highest BCUT2D eigenvalue weighted by atomic mass is 35.5. The molecule has 48 heavy (non-hydrogen) atoms. The number of aromatic nitrogens is 7. The van der Waals surface area contributed by atoms with Crippen LogP contribution in [0.15, 0.2) is 60.8 Å². The van der Waals surface area contributed by atoms with Gasteiger partial charge in [-0.1, -0.05) is 35.9 Å². The Morgan fingerprint density at radius 2 is 1.71 bits per heavy atom. The van der Waals surface area contributed by atoms with E-state index in [9.17, 15) is 35.9 Å². The summed E-state index contributed by atoms with van der Waals surface area (Å²) in [6.45, 7) is 2.57. The largest absolute Gasteiger partial charge is 0.573 e. The van der Waals surface area contributed by atoms with E-state index in [1.54, 1.807) is 19.9 Å². The van der Waals surface area contributed by atoms with Crippen molar-refractivity contribution in [3.05, 3.63) is 105 Å². The van der Waals surface area contributed by atoms with Gasteiger partial charge < -0.3 is 15.4 Å². The molecule has 0 saturated carbocycles. The number of ether oxygens (including phenoxy) is 1. The van der Waals surface area contributed by atoms with Crippen LogP contribution in [0.5, 0.6) is 5.75 Å². The fourth-order valence-electron chi connectivity index (χ4n) is 4.57. The minimum atomic E-state index is -4.95. The second kappa shape index (κ2) is 13.3. The van der Waals surface area contributed by atoms with Crippen LogP contribution in [0.3, 0.4) is 0 Å². The van der Waals surface area contributed by atoms with E-state index in [0.29, 0.717) is 15.9 Å². The van der Waals surface area contributed by atoms with Gasteiger partial charge in [-0.2, -0.15) is 23.1 Å². The van der Waals surface area contributed by atoms with Crippen LogP contribution in [0.2, 0.25) is 5.02 Å². The Labute approximate surface area is 271 Å². The predicted molar refractivity (Wildman–Crippen MR) is 156 cm³/mol. The van der Waals surface area contributed by atoms with E-state index in [1.165, 1.54) is 48.7 Å². The molecule has 250 valence electrons. The Hall–Kier alpha value is -5.52. The summed E-state index contributed by atoms with van der Waals surface area (Å²) in [5, 5.41) is 19.3. The van der Waals surface area contributed by atoms with Gasteiger partial charge in [-0.3, -0.25) is 9.59 Å². The van der Waals surface area contributed by atoms with Crippen LogP contribution < -0.4 is 15.4 Å². The zero-order chi connectivity index (χ0) is 34.8. The number of benzene rings is 2. The molecule has 5 rings (SSSR count). The van der Waals surface area contributed by atoms with E-state index in [4.69, 9.17) is 11.6 Å². The molecule has 2 N–H and O–H groups in total. The third-order valence-corrected chi connectivity index (χ3v) is 6.84. The predicted octanol–water partition coefficient (Wildman–Crippen LogP) is 5.67. The molecule has 0 saturated heterocycles. The lowest BCUT2D eigenvalue weighted by atomic mass is 10.0. The molecule has 0 aliphatic rings. The lowest BCUT2D eigenvalue weighted by Crippen LogP contribution is -2.27. The quantitative estimate of drug-likeness (QED) is 0.188. The molecule has 2 amide bonds. The molecule has 0 atom stereocenters. The van der Waals surface area contributed by atoms with E-state index < -0.39 is 42.5 Å². The van der Waals surface area contributed by atoms with E-state index in [0.717, 1.165) is 10.7 Å². The molecule has 19 heteroatoms. The summed E-state index contributed by atoms with van der Waals surface area (Å²) in [7, 11) is 0. The Balaban J connectivity index is 1.45. The fraction of sp³-hybridized carbons (Fsp3) is 0.207. The van der Waals surface area contributed by atoms with Crippen LogP contribution >= 0.6 is 11.6 Å². The number of hydrogen-bond donors (Lipinski definition) is 2. The summed E-state index contributed by atoms with van der Waals surface area (Å²) in [5.74, 6) is -3.49. The van der Waals surface area contributed by atoms with Crippen molar-refractivity contribution in [2.75, 3.05) is 5.32 Å². The first-order valence-corrected chi connectivity index (χ1v) is 14.1. The second-order valence-electron chi connectivity index (χ2n) is 10.2. The van der Waals surface area contributed by atoms with Crippen molar-refractivity contribution in [3.8, 4) is 11.6 Å². The number of tetrazole rings is 1. The van der Waals surface area contributed by atoms with Gasteiger partial charge in [0, 0.05) is 18.3 Å². The molecule has 3 heterocycles. The van der Waals surface area contributed by atoms with Crippen molar-refractivity contribution in [1.82, 2.24) is 40.3 Å². The summed E-state index contributed by atoms with van der Waals surface area (Å²) in [5.41, 5.74) is 1.06. The average molecular weight is 694 g/mol. The van der Waals surface area contributed by atoms with Gasteiger partial charge in [0.25, 0.3) is 17.6 Å². The number of carbonyl (C=O) groups excluding carboxylic acids is 2. The molecule has 0 aliphatic heterocycles. The number of alkyl halides is 6. The number of carbonyl (C=O) groups is 2. The van der Waals surface area contributed by atoms with Crippen molar-refractivity contribution in [1.29, 1.82) is 0 Å². The van der Waals surface area contributed by atoms with Gasteiger partial charge in [-0.25, -0.2) is 9.67 Å². The molecule has 3 aromatic heterocycles. The highest BCUT2D eigenvalue weighted by molar-refractivity contribution is 6.32. The standard InChI is InChI=1S/C29H22ClF6N9O3/c1-15-10-16(2)23(19(11-15)25(46)38-13-17-6-3-4-8-22(17)48-29(34,35)36)39-26(47)21-12-18(14-44-42-27(40-43-44)28(31,32)33)41-45(21)24-20(30)7-5-9-37-24/h3-12H,13-14H2,1-2H3,(H,38,46)(H,39,47). The molecule has 0 bridgehead atoms. The van der Waals surface area contributed by atoms with Crippen LogP contribution in [-0.2, 0) is 19.3 Å². The highest BCUT2D eigenvalue weighted by Crippen LogP contribution is 2.29. The van der Waals surface area contributed by atoms with Crippen molar-refractivity contribution in [3.63, 3.8) is 0 Å². The van der Waals surface area contributed by atoms with Crippen LogP contribution in [0.1, 0.15) is 49.1 Å². The molecular weight excluding hydrogens is 672 g/mol. The smallest absolute Gasteiger partial charge is 0.405 e. The van der Waals surface area contributed by atoms with Crippen molar-refractivity contribution in [2.45, 2.75) is 39.5 Å². The summed E-state index contributed by atoms with van der Waals surface area (Å²) in [6.07, 6.45) is -8.40. The van der Waals surface area contributed by atoms with Crippen LogP contribution in [0, 0.1) is 13.8 Å². The molecular formula is C29H22ClF6N9O3. The summed E-state index contributed by atoms with van der Waals surface area (Å²) in [4.78, 5) is 32.0. The van der Waals surface area contributed by atoms with Crippen LogP contribution in [0.4, 0.5) is 32.0 Å². The number of halogens is 7. The maximum atomic E-state index is 13.8. The number of pyridine rings is 1. The number of nitrogens with one attached hydrogen (secondary N) is 2. The van der Waals surface area contributed by atoms with E-state index in [2.05, 4.69) is 40.9 Å². The summed E-state index contributed by atoms with van der Waals surface area (Å²) in [6, 6.07) is 12.7. The van der Waals surface area contributed by atoms with Gasteiger partial charge in [0.1, 0.15) is 18.0 Å². The van der Waals surface area contributed by atoms with Gasteiger partial charge >= 0.3 is 12.5 Å². The maximum absolute atomic E-state index is 13.8. The first kappa shape index (κ1) is 33.8. The molecule has 0 aliphatic carbocycles.